The van der Waals surface area contributed by atoms with Gasteiger partial charge in [-0.3, -0.25) is 9.69 Å². The highest BCUT2D eigenvalue weighted by atomic mass is 16.1. The molecule has 0 radical (unpaired) electrons. The second-order valence-corrected chi connectivity index (χ2v) is 6.17. The summed E-state index contributed by atoms with van der Waals surface area (Å²) in [6.07, 6.45) is 3.36. The number of allylic oxidation sites excluding steroid dienone is 2. The predicted molar refractivity (Wildman–Crippen MR) is 78.0 cm³/mol. The Balaban J connectivity index is 1.86. The molecule has 0 aromatic rings. The maximum Gasteiger partial charge on any atom is 0.157 e. The van der Waals surface area contributed by atoms with E-state index in [1.54, 1.807) is 6.08 Å². The van der Waals surface area contributed by atoms with E-state index in [-0.39, 0.29) is 5.78 Å². The number of nitrogens with zero attached hydrogens (tertiary/aromatic N) is 2. The van der Waals surface area contributed by atoms with Crippen LogP contribution in [0.15, 0.2) is 11.8 Å². The van der Waals surface area contributed by atoms with E-state index in [9.17, 15) is 4.79 Å². The number of hydrogen-bond acceptors (Lipinski definition) is 4. The van der Waals surface area contributed by atoms with Crippen molar-refractivity contribution >= 4 is 5.78 Å². The molecule has 0 spiro atoms. The van der Waals surface area contributed by atoms with E-state index in [1.807, 2.05) is 0 Å². The molecule has 4 heteroatoms. The molecule has 1 heterocycles. The van der Waals surface area contributed by atoms with Crippen LogP contribution in [-0.4, -0.2) is 61.4 Å². The van der Waals surface area contributed by atoms with Crippen molar-refractivity contribution in [3.8, 4) is 0 Å². The van der Waals surface area contributed by atoms with Gasteiger partial charge in [0.15, 0.2) is 5.78 Å². The van der Waals surface area contributed by atoms with E-state index in [4.69, 9.17) is 0 Å². The lowest BCUT2D eigenvalue weighted by Crippen LogP contribution is -2.53. The largest absolute Gasteiger partial charge is 0.387 e. The van der Waals surface area contributed by atoms with Gasteiger partial charge in [0, 0.05) is 57.0 Å². The van der Waals surface area contributed by atoms with Gasteiger partial charge in [0.2, 0.25) is 0 Å². The molecule has 1 N–H and O–H groups in total. The minimum atomic E-state index is 0.267. The molecule has 1 fully saturated rings. The zero-order valence-electron chi connectivity index (χ0n) is 12.5. The van der Waals surface area contributed by atoms with Crippen molar-refractivity contribution in [1.82, 2.24) is 15.1 Å². The van der Waals surface area contributed by atoms with Crippen LogP contribution in [-0.2, 0) is 4.79 Å². The van der Waals surface area contributed by atoms with Gasteiger partial charge in [0.05, 0.1) is 0 Å². The molecule has 19 heavy (non-hydrogen) atoms. The normalized spacial score (nSPS) is 23.8. The average molecular weight is 265 g/mol. The lowest BCUT2D eigenvalue weighted by atomic mass is 10.0. The van der Waals surface area contributed by atoms with Crippen molar-refractivity contribution in [3.05, 3.63) is 11.8 Å². The second kappa shape index (κ2) is 6.53. The van der Waals surface area contributed by atoms with Gasteiger partial charge >= 0.3 is 0 Å². The molecule has 1 atom stereocenters. The minimum Gasteiger partial charge on any atom is -0.387 e. The Morgan fingerprint density at radius 1 is 1.21 bits per heavy atom. The molecule has 4 nitrogen and oxygen atoms in total. The van der Waals surface area contributed by atoms with Gasteiger partial charge in [0.1, 0.15) is 0 Å². The number of carbonyl (C=O) groups is 1. The molecule has 1 aliphatic carbocycles. The van der Waals surface area contributed by atoms with Gasteiger partial charge in [0.25, 0.3) is 0 Å². The third-order valence-corrected chi connectivity index (χ3v) is 4.29. The quantitative estimate of drug-likeness (QED) is 0.807. The number of likely N-dealkylation sites (N-methyl/N-ethyl adjacent to an activating group) is 1. The summed E-state index contributed by atoms with van der Waals surface area (Å²) in [5.74, 6) is 0.900. The monoisotopic (exact) mass is 265 g/mol. The first-order valence-corrected chi connectivity index (χ1v) is 7.46. The summed E-state index contributed by atoms with van der Waals surface area (Å²) in [7, 11) is 2.19. The first-order chi connectivity index (χ1) is 9.06. The van der Waals surface area contributed by atoms with Crippen molar-refractivity contribution in [2.75, 3.05) is 39.8 Å². The highest BCUT2D eigenvalue weighted by Crippen LogP contribution is 2.16. The first-order valence-electron chi connectivity index (χ1n) is 7.46. The molecule has 0 aromatic heterocycles. The van der Waals surface area contributed by atoms with Crippen LogP contribution in [0.25, 0.3) is 0 Å². The molecule has 2 aliphatic rings. The van der Waals surface area contributed by atoms with Gasteiger partial charge in [-0.1, -0.05) is 13.8 Å². The maximum absolute atomic E-state index is 11.2. The van der Waals surface area contributed by atoms with E-state index in [0.29, 0.717) is 18.4 Å². The number of ketones is 1. The van der Waals surface area contributed by atoms with Gasteiger partial charge in [-0.05, 0) is 19.4 Å². The summed E-state index contributed by atoms with van der Waals surface area (Å²) in [5.41, 5.74) is 1.13. The topological polar surface area (TPSA) is 35.6 Å². The Hall–Kier alpha value is -0.870. The van der Waals surface area contributed by atoms with E-state index < -0.39 is 0 Å². The number of hydrogen-bond donors (Lipinski definition) is 1. The lowest BCUT2D eigenvalue weighted by Gasteiger charge is -2.40. The highest BCUT2D eigenvalue weighted by Gasteiger charge is 2.25. The summed E-state index contributed by atoms with van der Waals surface area (Å²) in [6.45, 7) is 10.2. The van der Waals surface area contributed by atoms with Crippen molar-refractivity contribution in [2.24, 2.45) is 5.92 Å². The fourth-order valence-corrected chi connectivity index (χ4v) is 2.91. The van der Waals surface area contributed by atoms with Crippen LogP contribution in [0.5, 0.6) is 0 Å². The predicted octanol–water partition coefficient (Wildman–Crippen LogP) is 1.09. The molecule has 0 saturated carbocycles. The smallest absolute Gasteiger partial charge is 0.157 e. The number of carbonyl (C=O) groups excluding carboxylic acids is 1. The Labute approximate surface area is 116 Å². The minimum absolute atomic E-state index is 0.267. The number of nitrogens with one attached hydrogen (secondary N) is 1. The van der Waals surface area contributed by atoms with Crippen molar-refractivity contribution in [2.45, 2.75) is 32.7 Å². The summed E-state index contributed by atoms with van der Waals surface area (Å²) in [4.78, 5) is 16.2. The molecule has 2 rings (SSSR count). The third-order valence-electron chi connectivity index (χ3n) is 4.29. The standard InChI is InChI=1S/C15H27N3O/c1-12(2)15(18-8-6-17(3)7-9-18)11-16-13-4-5-14(19)10-13/h10,12,15-16H,4-9,11H2,1-3H3. The number of piperazine rings is 1. The average Bonchev–Trinajstić information content (AvgIpc) is 2.77. The van der Waals surface area contributed by atoms with Crippen molar-refractivity contribution < 1.29 is 4.79 Å². The molecular formula is C15H27N3O. The van der Waals surface area contributed by atoms with Crippen LogP contribution in [0.4, 0.5) is 0 Å². The second-order valence-electron chi connectivity index (χ2n) is 6.17. The molecule has 1 aliphatic heterocycles. The van der Waals surface area contributed by atoms with Gasteiger partial charge in [-0.15, -0.1) is 0 Å². The molecule has 1 saturated heterocycles. The van der Waals surface area contributed by atoms with E-state index in [2.05, 4.69) is 36.0 Å². The summed E-state index contributed by atoms with van der Waals surface area (Å²) in [5, 5.41) is 3.49. The van der Waals surface area contributed by atoms with E-state index in [1.165, 1.54) is 0 Å². The first kappa shape index (κ1) is 14.5. The van der Waals surface area contributed by atoms with Crippen molar-refractivity contribution in [1.29, 1.82) is 0 Å². The van der Waals surface area contributed by atoms with Crippen LogP contribution in [0.1, 0.15) is 26.7 Å². The van der Waals surface area contributed by atoms with Crippen LogP contribution in [0.2, 0.25) is 0 Å². The molecule has 1 unspecified atom stereocenters. The Morgan fingerprint density at radius 2 is 1.89 bits per heavy atom. The molecule has 108 valence electrons. The maximum atomic E-state index is 11.2. The van der Waals surface area contributed by atoms with Crippen LogP contribution in [0, 0.1) is 5.92 Å². The van der Waals surface area contributed by atoms with E-state index >= 15 is 0 Å². The van der Waals surface area contributed by atoms with Crippen LogP contribution < -0.4 is 5.32 Å². The zero-order chi connectivity index (χ0) is 13.8. The van der Waals surface area contributed by atoms with Gasteiger partial charge in [-0.25, -0.2) is 0 Å². The van der Waals surface area contributed by atoms with Crippen LogP contribution in [0.3, 0.4) is 0 Å². The van der Waals surface area contributed by atoms with E-state index in [0.717, 1.165) is 44.8 Å². The molecule has 0 amide bonds. The van der Waals surface area contributed by atoms with Gasteiger partial charge < -0.3 is 10.2 Å². The zero-order valence-corrected chi connectivity index (χ0v) is 12.5. The highest BCUT2D eigenvalue weighted by molar-refractivity contribution is 5.92. The molecular weight excluding hydrogens is 238 g/mol. The van der Waals surface area contributed by atoms with Gasteiger partial charge in [-0.2, -0.15) is 0 Å². The Morgan fingerprint density at radius 3 is 2.42 bits per heavy atom. The molecule has 0 bridgehead atoms. The molecule has 0 aromatic carbocycles. The van der Waals surface area contributed by atoms with Crippen LogP contribution >= 0.6 is 0 Å². The Kier molecular flexibility index (Phi) is 4.99. The lowest BCUT2D eigenvalue weighted by molar-refractivity contribution is -0.114. The SMILES string of the molecule is CC(C)C(CNC1=CC(=O)CC1)N1CCN(C)CC1. The summed E-state index contributed by atoms with van der Waals surface area (Å²) in [6, 6.07) is 0.560. The Bertz CT molecular complexity index is 343. The third kappa shape index (κ3) is 4.05. The fraction of sp³-hybridized carbons (Fsp3) is 0.800. The fourth-order valence-electron chi connectivity index (χ4n) is 2.91. The summed E-state index contributed by atoms with van der Waals surface area (Å²) < 4.78 is 0. The summed E-state index contributed by atoms with van der Waals surface area (Å²) >= 11 is 0. The number of rotatable bonds is 5. The van der Waals surface area contributed by atoms with Crippen molar-refractivity contribution in [3.63, 3.8) is 0 Å².